The van der Waals surface area contributed by atoms with E-state index in [2.05, 4.69) is 10.6 Å². The van der Waals surface area contributed by atoms with Crippen LogP contribution < -0.4 is 10.6 Å². The number of halogens is 2. The molecule has 1 atom stereocenters. The fourth-order valence-corrected chi connectivity index (χ4v) is 6.43. The SMILES string of the molecule is Cc1cc(NC(=O)c2ccc(F)cc2Cl)sc1C(=O)NC1CCS(=O)(=O)c2ccccc21. The number of carbonyl (C=O) groups is 2. The molecule has 4 rings (SSSR count). The van der Waals surface area contributed by atoms with Gasteiger partial charge >= 0.3 is 0 Å². The molecule has 0 saturated heterocycles. The summed E-state index contributed by atoms with van der Waals surface area (Å²) < 4.78 is 37.8. The largest absolute Gasteiger partial charge is 0.344 e. The molecule has 0 spiro atoms. The molecule has 0 saturated carbocycles. The molecule has 10 heteroatoms. The van der Waals surface area contributed by atoms with Crippen molar-refractivity contribution in [1.29, 1.82) is 0 Å². The van der Waals surface area contributed by atoms with Gasteiger partial charge in [-0.1, -0.05) is 29.8 Å². The summed E-state index contributed by atoms with van der Waals surface area (Å²) in [5.41, 5.74) is 1.34. The highest BCUT2D eigenvalue weighted by Gasteiger charge is 2.31. The van der Waals surface area contributed by atoms with Crippen LogP contribution >= 0.6 is 22.9 Å². The second kappa shape index (κ2) is 8.65. The number of sulfone groups is 1. The average Bonchev–Trinajstić information content (AvgIpc) is 3.10. The lowest BCUT2D eigenvalue weighted by molar-refractivity contribution is 0.0937. The van der Waals surface area contributed by atoms with Gasteiger partial charge in [-0.15, -0.1) is 11.3 Å². The molecule has 2 aromatic carbocycles. The van der Waals surface area contributed by atoms with E-state index in [1.165, 1.54) is 6.07 Å². The van der Waals surface area contributed by atoms with Gasteiger partial charge in [-0.2, -0.15) is 0 Å². The van der Waals surface area contributed by atoms with E-state index in [1.54, 1.807) is 37.3 Å². The first kappa shape index (κ1) is 22.4. The summed E-state index contributed by atoms with van der Waals surface area (Å²) in [6.07, 6.45) is 0.280. The molecule has 1 aliphatic heterocycles. The maximum atomic E-state index is 13.2. The number of benzene rings is 2. The third-order valence-electron chi connectivity index (χ3n) is 5.15. The fourth-order valence-electron chi connectivity index (χ4n) is 3.59. The molecule has 166 valence electrons. The number of anilines is 1. The number of amides is 2. The quantitative estimate of drug-likeness (QED) is 0.549. The van der Waals surface area contributed by atoms with Crippen molar-refractivity contribution in [2.24, 2.45) is 0 Å². The Morgan fingerprint density at radius 3 is 2.62 bits per heavy atom. The summed E-state index contributed by atoms with van der Waals surface area (Å²) >= 11 is 7.03. The second-order valence-electron chi connectivity index (χ2n) is 7.37. The summed E-state index contributed by atoms with van der Waals surface area (Å²) in [6.45, 7) is 1.74. The molecule has 1 unspecified atom stereocenters. The molecule has 2 heterocycles. The number of aryl methyl sites for hydroxylation is 1. The van der Waals surface area contributed by atoms with Gasteiger partial charge in [0.15, 0.2) is 9.84 Å². The molecular weight excluding hydrogens is 475 g/mol. The van der Waals surface area contributed by atoms with Crippen LogP contribution in [0.4, 0.5) is 9.39 Å². The van der Waals surface area contributed by atoms with E-state index in [9.17, 15) is 22.4 Å². The van der Waals surface area contributed by atoms with Gasteiger partial charge in [-0.3, -0.25) is 9.59 Å². The van der Waals surface area contributed by atoms with Crippen molar-refractivity contribution in [3.8, 4) is 0 Å². The van der Waals surface area contributed by atoms with Crippen LogP contribution in [0.5, 0.6) is 0 Å². The summed E-state index contributed by atoms with van der Waals surface area (Å²) in [4.78, 5) is 26.1. The Labute approximate surface area is 193 Å². The van der Waals surface area contributed by atoms with E-state index in [-0.39, 0.29) is 33.6 Å². The molecule has 0 bridgehead atoms. The van der Waals surface area contributed by atoms with Crippen molar-refractivity contribution in [2.75, 3.05) is 11.1 Å². The molecule has 0 aliphatic carbocycles. The third-order valence-corrected chi connectivity index (χ3v) is 8.43. The Morgan fingerprint density at radius 1 is 1.12 bits per heavy atom. The van der Waals surface area contributed by atoms with Crippen LogP contribution in [0.15, 0.2) is 53.4 Å². The Balaban J connectivity index is 1.52. The molecule has 2 N–H and O–H groups in total. The number of carbonyl (C=O) groups excluding carboxylic acids is 2. The van der Waals surface area contributed by atoms with Gasteiger partial charge in [0, 0.05) is 0 Å². The highest BCUT2D eigenvalue weighted by Crippen LogP contribution is 2.33. The number of thiophene rings is 1. The minimum Gasteiger partial charge on any atom is -0.344 e. The minimum absolute atomic E-state index is 0.0142. The first-order valence-corrected chi connectivity index (χ1v) is 12.5. The van der Waals surface area contributed by atoms with Gasteiger partial charge in [-0.25, -0.2) is 12.8 Å². The monoisotopic (exact) mass is 492 g/mol. The summed E-state index contributed by atoms with van der Waals surface area (Å²) in [6, 6.07) is 11.4. The third kappa shape index (κ3) is 4.41. The number of rotatable bonds is 4. The first-order valence-electron chi connectivity index (χ1n) is 9.65. The molecule has 6 nitrogen and oxygen atoms in total. The van der Waals surface area contributed by atoms with Crippen molar-refractivity contribution < 1.29 is 22.4 Å². The van der Waals surface area contributed by atoms with Gasteiger partial charge in [-0.05, 0) is 54.8 Å². The van der Waals surface area contributed by atoms with E-state index in [1.807, 2.05) is 0 Å². The number of hydrogen-bond donors (Lipinski definition) is 2. The van der Waals surface area contributed by atoms with Gasteiger partial charge in [0.05, 0.1) is 37.2 Å². The maximum Gasteiger partial charge on any atom is 0.262 e. The van der Waals surface area contributed by atoms with Gasteiger partial charge < -0.3 is 10.6 Å². The molecular formula is C22H18ClFN2O4S2. The van der Waals surface area contributed by atoms with Crippen molar-refractivity contribution in [1.82, 2.24) is 5.32 Å². The fraction of sp³-hybridized carbons (Fsp3) is 0.182. The number of hydrogen-bond acceptors (Lipinski definition) is 5. The van der Waals surface area contributed by atoms with Crippen molar-refractivity contribution >= 4 is 49.6 Å². The maximum absolute atomic E-state index is 13.2. The zero-order valence-corrected chi connectivity index (χ0v) is 19.2. The zero-order chi connectivity index (χ0) is 23.0. The lowest BCUT2D eigenvalue weighted by Gasteiger charge is -2.26. The lowest BCUT2D eigenvalue weighted by Crippen LogP contribution is -2.33. The van der Waals surface area contributed by atoms with Crippen LogP contribution in [-0.4, -0.2) is 26.0 Å². The standard InChI is InChI=1S/C22H18ClFN2O4S2/c1-12-10-19(26-21(27)14-7-6-13(24)11-16(14)23)31-20(12)22(28)25-17-8-9-32(29,30)18-5-3-2-4-15(17)18/h2-7,10-11,17H,8-9H2,1H3,(H,25,28)(H,26,27). The number of fused-ring (bicyclic) bond motifs is 1. The molecule has 32 heavy (non-hydrogen) atoms. The van der Waals surface area contributed by atoms with E-state index in [0.29, 0.717) is 21.0 Å². The number of nitrogens with one attached hydrogen (secondary N) is 2. The molecule has 2 amide bonds. The Morgan fingerprint density at radius 2 is 1.88 bits per heavy atom. The molecule has 0 fully saturated rings. The zero-order valence-electron chi connectivity index (χ0n) is 16.8. The van der Waals surface area contributed by atoms with Crippen molar-refractivity contribution in [3.05, 3.63) is 80.9 Å². The minimum atomic E-state index is -3.36. The van der Waals surface area contributed by atoms with Crippen LogP contribution in [0.3, 0.4) is 0 Å². The van der Waals surface area contributed by atoms with Crippen molar-refractivity contribution in [2.45, 2.75) is 24.3 Å². The van der Waals surface area contributed by atoms with E-state index < -0.39 is 27.6 Å². The van der Waals surface area contributed by atoms with Crippen LogP contribution in [0.1, 0.15) is 43.6 Å². The van der Waals surface area contributed by atoms with Crippen LogP contribution in [-0.2, 0) is 9.84 Å². The Kier molecular flexibility index (Phi) is 6.07. The topological polar surface area (TPSA) is 92.3 Å². The van der Waals surface area contributed by atoms with Crippen molar-refractivity contribution in [3.63, 3.8) is 0 Å². The predicted molar refractivity (Wildman–Crippen MR) is 122 cm³/mol. The molecule has 1 aromatic heterocycles. The van der Waals surface area contributed by atoms with Gasteiger partial charge in [0.2, 0.25) is 0 Å². The lowest BCUT2D eigenvalue weighted by atomic mass is 10.0. The van der Waals surface area contributed by atoms with Crippen LogP contribution in [0.25, 0.3) is 0 Å². The highest BCUT2D eigenvalue weighted by atomic mass is 35.5. The Bertz CT molecular complexity index is 1340. The second-order valence-corrected chi connectivity index (χ2v) is 10.9. The van der Waals surface area contributed by atoms with E-state index in [0.717, 1.165) is 23.5 Å². The van der Waals surface area contributed by atoms with Crippen LogP contribution in [0, 0.1) is 12.7 Å². The molecule has 0 radical (unpaired) electrons. The van der Waals surface area contributed by atoms with Gasteiger partial charge in [0.1, 0.15) is 5.82 Å². The first-order chi connectivity index (χ1) is 15.2. The van der Waals surface area contributed by atoms with Gasteiger partial charge in [0.25, 0.3) is 11.8 Å². The molecule has 1 aliphatic rings. The van der Waals surface area contributed by atoms with Crippen LogP contribution in [0.2, 0.25) is 5.02 Å². The summed E-state index contributed by atoms with van der Waals surface area (Å²) in [7, 11) is -3.36. The summed E-state index contributed by atoms with van der Waals surface area (Å²) in [5.74, 6) is -1.46. The molecule has 3 aromatic rings. The average molecular weight is 493 g/mol. The van der Waals surface area contributed by atoms with E-state index >= 15 is 0 Å². The normalized spacial score (nSPS) is 16.8. The Hall–Kier alpha value is -2.75. The highest BCUT2D eigenvalue weighted by molar-refractivity contribution is 7.91. The smallest absolute Gasteiger partial charge is 0.262 e. The summed E-state index contributed by atoms with van der Waals surface area (Å²) in [5, 5.41) is 6.01. The van der Waals surface area contributed by atoms with E-state index in [4.69, 9.17) is 11.6 Å². The predicted octanol–water partition coefficient (Wildman–Crippen LogP) is 4.75.